The fourth-order valence-corrected chi connectivity index (χ4v) is 2.12. The Bertz CT molecular complexity index is 887. The van der Waals surface area contributed by atoms with Crippen LogP contribution in [0.15, 0.2) is 45.3 Å². The molecule has 2 aromatic heterocycles. The van der Waals surface area contributed by atoms with E-state index in [1.54, 1.807) is 13.0 Å². The summed E-state index contributed by atoms with van der Waals surface area (Å²) < 4.78 is 15.1. The molecule has 0 bridgehead atoms. The molecule has 1 N–H and O–H groups in total. The number of aromatic nitrogens is 3. The molecule has 134 valence electrons. The van der Waals surface area contributed by atoms with Gasteiger partial charge in [-0.25, -0.2) is 4.79 Å². The lowest BCUT2D eigenvalue weighted by Crippen LogP contribution is -2.26. The third kappa shape index (κ3) is 4.12. The van der Waals surface area contributed by atoms with Crippen LogP contribution < -0.4 is 5.32 Å². The van der Waals surface area contributed by atoms with Crippen molar-refractivity contribution in [3.05, 3.63) is 53.9 Å². The highest BCUT2D eigenvalue weighted by molar-refractivity contribution is 5.93. The number of benzene rings is 1. The van der Waals surface area contributed by atoms with Crippen molar-refractivity contribution in [1.29, 1.82) is 0 Å². The van der Waals surface area contributed by atoms with Crippen molar-refractivity contribution in [1.82, 2.24) is 20.7 Å². The first kappa shape index (κ1) is 17.3. The summed E-state index contributed by atoms with van der Waals surface area (Å²) in [5, 5.41) is 13.8. The maximum Gasteiger partial charge on any atom is 0.396 e. The van der Waals surface area contributed by atoms with E-state index >= 15 is 0 Å². The predicted molar refractivity (Wildman–Crippen MR) is 88.2 cm³/mol. The number of hydrogen-bond acceptors (Lipinski definition) is 8. The van der Waals surface area contributed by atoms with E-state index in [0.717, 1.165) is 5.56 Å². The molecule has 1 aromatic carbocycles. The first-order chi connectivity index (χ1) is 12.7. The number of carbonyl (C=O) groups is 2. The third-order valence-corrected chi connectivity index (χ3v) is 3.34. The molecule has 3 rings (SSSR count). The Morgan fingerprint density at radius 3 is 2.77 bits per heavy atom. The van der Waals surface area contributed by atoms with Crippen molar-refractivity contribution >= 4 is 11.9 Å². The number of rotatable bonds is 7. The van der Waals surface area contributed by atoms with Crippen LogP contribution in [0.1, 0.15) is 34.0 Å². The molecule has 1 amide bonds. The molecule has 0 radical (unpaired) electrons. The van der Waals surface area contributed by atoms with Crippen LogP contribution in [-0.4, -0.2) is 40.4 Å². The van der Waals surface area contributed by atoms with Gasteiger partial charge in [-0.15, -0.1) is 10.2 Å². The number of esters is 1. The van der Waals surface area contributed by atoms with Crippen LogP contribution in [0.25, 0.3) is 11.3 Å². The van der Waals surface area contributed by atoms with Crippen molar-refractivity contribution in [2.24, 2.45) is 0 Å². The summed E-state index contributed by atoms with van der Waals surface area (Å²) in [6.07, 6.45) is 0.265. The van der Waals surface area contributed by atoms with Gasteiger partial charge in [-0.05, 0) is 6.92 Å². The van der Waals surface area contributed by atoms with Gasteiger partial charge in [0.15, 0.2) is 11.5 Å². The standard InChI is InChI=1S/C17H16N4O5/c1-2-24-17(23)16-20-19-14(25-16)8-9-18-15(22)12-10-13(26-21-12)11-6-4-3-5-7-11/h3-7,10H,2,8-9H2,1H3,(H,18,22). The molecule has 9 heteroatoms. The summed E-state index contributed by atoms with van der Waals surface area (Å²) in [5.41, 5.74) is 0.998. The second kappa shape index (κ2) is 8.06. The van der Waals surface area contributed by atoms with Crippen molar-refractivity contribution in [2.75, 3.05) is 13.2 Å². The van der Waals surface area contributed by atoms with E-state index in [1.165, 1.54) is 0 Å². The fraction of sp³-hybridized carbons (Fsp3) is 0.235. The van der Waals surface area contributed by atoms with Crippen LogP contribution in [0.4, 0.5) is 0 Å². The summed E-state index contributed by atoms with van der Waals surface area (Å²) in [5.74, 6) is -0.547. The largest absolute Gasteiger partial charge is 0.459 e. The molecule has 0 unspecified atom stereocenters. The first-order valence-corrected chi connectivity index (χ1v) is 7.97. The Morgan fingerprint density at radius 2 is 2.00 bits per heavy atom. The topological polar surface area (TPSA) is 120 Å². The fourth-order valence-electron chi connectivity index (χ4n) is 2.12. The van der Waals surface area contributed by atoms with E-state index in [-0.39, 0.29) is 43.0 Å². The molecule has 0 aliphatic heterocycles. The lowest BCUT2D eigenvalue weighted by atomic mass is 10.1. The lowest BCUT2D eigenvalue weighted by Gasteiger charge is -1.99. The van der Waals surface area contributed by atoms with Gasteiger partial charge in [-0.2, -0.15) is 0 Å². The Kier molecular flexibility index (Phi) is 5.37. The van der Waals surface area contributed by atoms with E-state index < -0.39 is 5.97 Å². The van der Waals surface area contributed by atoms with E-state index in [0.29, 0.717) is 5.76 Å². The maximum atomic E-state index is 12.1. The van der Waals surface area contributed by atoms with Gasteiger partial charge in [0.25, 0.3) is 5.91 Å². The Labute approximate surface area is 148 Å². The zero-order valence-electron chi connectivity index (χ0n) is 14.0. The highest BCUT2D eigenvalue weighted by Crippen LogP contribution is 2.19. The predicted octanol–water partition coefficient (Wildman–Crippen LogP) is 1.87. The normalized spacial score (nSPS) is 10.5. The van der Waals surface area contributed by atoms with E-state index in [2.05, 4.69) is 20.7 Å². The van der Waals surface area contributed by atoms with E-state index in [1.807, 2.05) is 30.3 Å². The number of nitrogens with zero attached hydrogens (tertiary/aromatic N) is 3. The van der Waals surface area contributed by atoms with Crippen molar-refractivity contribution in [3.8, 4) is 11.3 Å². The highest BCUT2D eigenvalue weighted by atomic mass is 16.5. The molecular weight excluding hydrogens is 340 g/mol. The van der Waals surface area contributed by atoms with Gasteiger partial charge >= 0.3 is 11.9 Å². The van der Waals surface area contributed by atoms with Crippen LogP contribution in [0.5, 0.6) is 0 Å². The summed E-state index contributed by atoms with van der Waals surface area (Å²) in [6.45, 7) is 2.13. The number of carbonyl (C=O) groups excluding carboxylic acids is 2. The van der Waals surface area contributed by atoms with Gasteiger partial charge in [0.2, 0.25) is 5.89 Å². The van der Waals surface area contributed by atoms with Gasteiger partial charge in [-0.1, -0.05) is 35.5 Å². The summed E-state index contributed by atoms with van der Waals surface area (Å²) in [6, 6.07) is 10.9. The van der Waals surface area contributed by atoms with Crippen LogP contribution in [-0.2, 0) is 11.2 Å². The average molecular weight is 356 g/mol. The first-order valence-electron chi connectivity index (χ1n) is 7.97. The lowest BCUT2D eigenvalue weighted by molar-refractivity contribution is 0.0478. The van der Waals surface area contributed by atoms with Crippen LogP contribution in [0, 0.1) is 0 Å². The molecule has 3 aromatic rings. The van der Waals surface area contributed by atoms with Crippen molar-refractivity contribution < 1.29 is 23.3 Å². The van der Waals surface area contributed by atoms with Gasteiger partial charge in [-0.3, -0.25) is 4.79 Å². The molecule has 0 fully saturated rings. The molecule has 0 aliphatic carbocycles. The van der Waals surface area contributed by atoms with Gasteiger partial charge in [0, 0.05) is 24.6 Å². The quantitative estimate of drug-likeness (QED) is 0.637. The molecule has 0 atom stereocenters. The number of hydrogen-bond donors (Lipinski definition) is 1. The zero-order valence-corrected chi connectivity index (χ0v) is 14.0. The minimum atomic E-state index is -0.675. The minimum absolute atomic E-state index is 0.168. The zero-order chi connectivity index (χ0) is 18.4. The summed E-state index contributed by atoms with van der Waals surface area (Å²) in [7, 11) is 0. The van der Waals surface area contributed by atoms with E-state index in [9.17, 15) is 9.59 Å². The maximum absolute atomic E-state index is 12.1. The Hall–Kier alpha value is -3.49. The SMILES string of the molecule is CCOC(=O)c1nnc(CCNC(=O)c2cc(-c3ccccc3)on2)o1. The molecule has 0 saturated carbocycles. The van der Waals surface area contributed by atoms with Gasteiger partial charge in [0.1, 0.15) is 0 Å². The number of nitrogens with one attached hydrogen (secondary N) is 1. The molecular formula is C17H16N4O5. The molecule has 0 saturated heterocycles. The number of amides is 1. The summed E-state index contributed by atoms with van der Waals surface area (Å²) >= 11 is 0. The van der Waals surface area contributed by atoms with Gasteiger partial charge in [0.05, 0.1) is 6.61 Å². The Morgan fingerprint density at radius 1 is 1.19 bits per heavy atom. The average Bonchev–Trinajstić information content (AvgIpc) is 3.32. The second-order valence-corrected chi connectivity index (χ2v) is 5.17. The highest BCUT2D eigenvalue weighted by Gasteiger charge is 2.17. The van der Waals surface area contributed by atoms with Crippen LogP contribution in [0.2, 0.25) is 0 Å². The van der Waals surface area contributed by atoms with Crippen molar-refractivity contribution in [2.45, 2.75) is 13.3 Å². The Balaban J connectivity index is 1.52. The molecule has 26 heavy (non-hydrogen) atoms. The second-order valence-electron chi connectivity index (χ2n) is 5.17. The van der Waals surface area contributed by atoms with Crippen molar-refractivity contribution in [3.63, 3.8) is 0 Å². The molecule has 9 nitrogen and oxygen atoms in total. The van der Waals surface area contributed by atoms with Crippen LogP contribution in [0.3, 0.4) is 0 Å². The van der Waals surface area contributed by atoms with Gasteiger partial charge < -0.3 is 19.0 Å². The summed E-state index contributed by atoms with van der Waals surface area (Å²) in [4.78, 5) is 23.5. The smallest absolute Gasteiger partial charge is 0.396 e. The molecule has 0 spiro atoms. The number of ether oxygens (including phenoxy) is 1. The van der Waals surface area contributed by atoms with E-state index in [4.69, 9.17) is 13.7 Å². The third-order valence-electron chi connectivity index (χ3n) is 3.34. The molecule has 0 aliphatic rings. The molecule has 2 heterocycles. The minimum Gasteiger partial charge on any atom is -0.459 e. The van der Waals surface area contributed by atoms with Crippen LogP contribution >= 0.6 is 0 Å². The monoisotopic (exact) mass is 356 g/mol.